The number of carbonyl (C=O) groups excluding carboxylic acids is 1. The Morgan fingerprint density at radius 2 is 2.30 bits per heavy atom. The van der Waals surface area contributed by atoms with E-state index in [0.717, 1.165) is 4.57 Å². The number of carbonyl (C=O) groups is 1. The lowest BCUT2D eigenvalue weighted by Gasteiger charge is -2.21. The third-order valence-corrected chi connectivity index (χ3v) is 3.09. The predicted octanol–water partition coefficient (Wildman–Crippen LogP) is -1.94. The van der Waals surface area contributed by atoms with Crippen molar-refractivity contribution in [3.8, 4) is 0 Å². The van der Waals surface area contributed by atoms with Crippen molar-refractivity contribution in [1.82, 2.24) is 14.5 Å². The standard InChI is InChI=1S/C12H17N3O5/c1-8-4-15(12(19)13-11(8)18)6-10(17)14-2-3-20-7-9(16)5-14/h4,9,16H,2-3,5-7H2,1H3,(H,13,18,19)/t9-/m1/s1. The van der Waals surface area contributed by atoms with Crippen molar-refractivity contribution in [2.24, 2.45) is 0 Å². The fourth-order valence-electron chi connectivity index (χ4n) is 2.00. The van der Waals surface area contributed by atoms with Crippen LogP contribution in [0, 0.1) is 6.92 Å². The lowest BCUT2D eigenvalue weighted by molar-refractivity contribution is -0.132. The molecule has 2 heterocycles. The topological polar surface area (TPSA) is 105 Å². The highest BCUT2D eigenvalue weighted by Crippen LogP contribution is 2.01. The summed E-state index contributed by atoms with van der Waals surface area (Å²) < 4.78 is 6.29. The van der Waals surface area contributed by atoms with Gasteiger partial charge in [0.05, 0.1) is 19.3 Å². The molecule has 1 aliphatic heterocycles. The minimum absolute atomic E-state index is 0.177. The number of aryl methyl sites for hydroxylation is 1. The average molecular weight is 283 g/mol. The molecule has 0 aromatic carbocycles. The van der Waals surface area contributed by atoms with Crippen LogP contribution in [-0.4, -0.2) is 57.9 Å². The van der Waals surface area contributed by atoms with Crippen LogP contribution < -0.4 is 11.2 Å². The number of nitrogens with one attached hydrogen (secondary N) is 1. The largest absolute Gasteiger partial charge is 0.389 e. The zero-order chi connectivity index (χ0) is 14.7. The summed E-state index contributed by atoms with van der Waals surface area (Å²) in [5.41, 5.74) is -0.727. The van der Waals surface area contributed by atoms with Crippen LogP contribution in [0.4, 0.5) is 0 Å². The van der Waals surface area contributed by atoms with Gasteiger partial charge in [-0.05, 0) is 6.92 Å². The van der Waals surface area contributed by atoms with Crippen LogP contribution in [0.5, 0.6) is 0 Å². The van der Waals surface area contributed by atoms with Gasteiger partial charge in [-0.2, -0.15) is 0 Å². The Labute approximate surface area is 114 Å². The molecule has 0 aliphatic carbocycles. The molecule has 1 saturated heterocycles. The zero-order valence-corrected chi connectivity index (χ0v) is 11.2. The molecule has 1 atom stereocenters. The molecule has 0 radical (unpaired) electrons. The number of H-pyrrole nitrogens is 1. The molecule has 0 saturated carbocycles. The molecule has 0 bridgehead atoms. The molecule has 20 heavy (non-hydrogen) atoms. The second kappa shape index (κ2) is 6.02. The van der Waals surface area contributed by atoms with Gasteiger partial charge in [-0.3, -0.25) is 19.1 Å². The fraction of sp³-hybridized carbons (Fsp3) is 0.583. The Hall–Kier alpha value is -1.93. The van der Waals surface area contributed by atoms with Crippen LogP contribution in [0.3, 0.4) is 0 Å². The lowest BCUT2D eigenvalue weighted by Crippen LogP contribution is -2.42. The maximum atomic E-state index is 12.1. The monoisotopic (exact) mass is 283 g/mol. The van der Waals surface area contributed by atoms with Crippen LogP contribution in [0.15, 0.2) is 15.8 Å². The molecule has 1 aliphatic rings. The highest BCUT2D eigenvalue weighted by Gasteiger charge is 2.21. The van der Waals surface area contributed by atoms with Crippen molar-refractivity contribution in [2.45, 2.75) is 19.6 Å². The molecule has 1 fully saturated rings. The van der Waals surface area contributed by atoms with Gasteiger partial charge in [0.2, 0.25) is 5.91 Å². The number of β-amino-alcohol motifs (C(OH)–C–C–N with tert-alkyl or cyclic N) is 1. The van der Waals surface area contributed by atoms with Crippen molar-refractivity contribution in [1.29, 1.82) is 0 Å². The number of aliphatic hydroxyl groups is 1. The van der Waals surface area contributed by atoms with Crippen LogP contribution in [0.2, 0.25) is 0 Å². The number of ether oxygens (including phenoxy) is 1. The minimum Gasteiger partial charge on any atom is -0.389 e. The molecular formula is C12H17N3O5. The quantitative estimate of drug-likeness (QED) is 0.657. The Balaban J connectivity index is 2.13. The number of amides is 1. The molecule has 8 heteroatoms. The lowest BCUT2D eigenvalue weighted by atomic mass is 10.3. The number of rotatable bonds is 2. The van der Waals surface area contributed by atoms with E-state index in [1.807, 2.05) is 0 Å². The van der Waals surface area contributed by atoms with Gasteiger partial charge < -0.3 is 14.7 Å². The SMILES string of the molecule is Cc1cn(CC(=O)N2CCOC[C@H](O)C2)c(=O)[nH]c1=O. The first-order valence-corrected chi connectivity index (χ1v) is 6.31. The summed E-state index contributed by atoms with van der Waals surface area (Å²) >= 11 is 0. The Morgan fingerprint density at radius 3 is 3.05 bits per heavy atom. The second-order valence-electron chi connectivity index (χ2n) is 4.77. The summed E-state index contributed by atoms with van der Waals surface area (Å²) in [7, 11) is 0. The highest BCUT2D eigenvalue weighted by molar-refractivity contribution is 5.76. The normalized spacial score (nSPS) is 19.7. The van der Waals surface area contributed by atoms with Crippen LogP contribution in [0.1, 0.15) is 5.56 Å². The van der Waals surface area contributed by atoms with E-state index in [-0.39, 0.29) is 25.6 Å². The summed E-state index contributed by atoms with van der Waals surface area (Å²) in [5.74, 6) is -0.303. The smallest absolute Gasteiger partial charge is 0.328 e. The number of aromatic amines is 1. The highest BCUT2D eigenvalue weighted by atomic mass is 16.5. The number of hydrogen-bond donors (Lipinski definition) is 2. The van der Waals surface area contributed by atoms with E-state index in [9.17, 15) is 19.5 Å². The molecule has 0 spiro atoms. The van der Waals surface area contributed by atoms with Gasteiger partial charge in [0, 0.05) is 24.8 Å². The maximum absolute atomic E-state index is 12.1. The van der Waals surface area contributed by atoms with Crippen LogP contribution in [0.25, 0.3) is 0 Å². The van der Waals surface area contributed by atoms with Crippen molar-refractivity contribution in [3.05, 3.63) is 32.6 Å². The van der Waals surface area contributed by atoms with Gasteiger partial charge >= 0.3 is 5.69 Å². The van der Waals surface area contributed by atoms with Crippen molar-refractivity contribution in [2.75, 3.05) is 26.3 Å². The van der Waals surface area contributed by atoms with E-state index in [2.05, 4.69) is 4.98 Å². The molecular weight excluding hydrogens is 266 g/mol. The van der Waals surface area contributed by atoms with Crippen LogP contribution >= 0.6 is 0 Å². The van der Waals surface area contributed by atoms with Gasteiger partial charge in [-0.25, -0.2) is 4.79 Å². The summed E-state index contributed by atoms with van der Waals surface area (Å²) in [4.78, 5) is 38.6. The number of aromatic nitrogens is 2. The Bertz CT molecular complexity index is 606. The van der Waals surface area contributed by atoms with Crippen LogP contribution in [-0.2, 0) is 16.1 Å². The van der Waals surface area contributed by atoms with Crippen molar-refractivity contribution in [3.63, 3.8) is 0 Å². The van der Waals surface area contributed by atoms with Crippen molar-refractivity contribution < 1.29 is 14.6 Å². The second-order valence-corrected chi connectivity index (χ2v) is 4.77. The molecule has 8 nitrogen and oxygen atoms in total. The minimum atomic E-state index is -0.726. The molecule has 0 unspecified atom stereocenters. The third kappa shape index (κ3) is 3.34. The molecule has 1 aromatic heterocycles. The van der Waals surface area contributed by atoms with E-state index < -0.39 is 17.4 Å². The number of hydrogen-bond acceptors (Lipinski definition) is 5. The molecule has 2 rings (SSSR count). The summed E-state index contributed by atoms with van der Waals surface area (Å²) in [6, 6.07) is 0. The summed E-state index contributed by atoms with van der Waals surface area (Å²) in [5, 5.41) is 9.57. The van der Waals surface area contributed by atoms with Gasteiger partial charge in [0.15, 0.2) is 0 Å². The zero-order valence-electron chi connectivity index (χ0n) is 11.2. The van der Waals surface area contributed by atoms with E-state index in [0.29, 0.717) is 18.7 Å². The van der Waals surface area contributed by atoms with Crippen molar-refractivity contribution >= 4 is 5.91 Å². The van der Waals surface area contributed by atoms with E-state index >= 15 is 0 Å². The van der Waals surface area contributed by atoms with Gasteiger partial charge in [-0.1, -0.05) is 0 Å². The molecule has 1 aromatic rings. The molecule has 110 valence electrons. The first-order valence-electron chi connectivity index (χ1n) is 6.31. The van der Waals surface area contributed by atoms with E-state index in [4.69, 9.17) is 4.74 Å². The van der Waals surface area contributed by atoms with Gasteiger partial charge in [-0.15, -0.1) is 0 Å². The first-order chi connectivity index (χ1) is 9.47. The number of aliphatic hydroxyl groups excluding tert-OH is 1. The van der Waals surface area contributed by atoms with E-state index in [1.54, 1.807) is 6.92 Å². The Kier molecular flexibility index (Phi) is 4.35. The first kappa shape index (κ1) is 14.5. The summed E-state index contributed by atoms with van der Waals surface area (Å²) in [6.07, 6.45) is 0.625. The number of nitrogens with zero attached hydrogens (tertiary/aromatic N) is 2. The average Bonchev–Trinajstić information content (AvgIpc) is 2.60. The third-order valence-electron chi connectivity index (χ3n) is 3.09. The predicted molar refractivity (Wildman–Crippen MR) is 69.5 cm³/mol. The maximum Gasteiger partial charge on any atom is 0.328 e. The fourth-order valence-corrected chi connectivity index (χ4v) is 2.00. The molecule has 1 amide bonds. The Morgan fingerprint density at radius 1 is 1.55 bits per heavy atom. The summed E-state index contributed by atoms with van der Waals surface area (Å²) in [6.45, 7) is 2.47. The van der Waals surface area contributed by atoms with Gasteiger partial charge in [0.1, 0.15) is 6.54 Å². The van der Waals surface area contributed by atoms with Gasteiger partial charge in [0.25, 0.3) is 5.56 Å². The molecule has 2 N–H and O–H groups in total. The van der Waals surface area contributed by atoms with E-state index in [1.165, 1.54) is 11.1 Å².